The lowest BCUT2D eigenvalue weighted by Gasteiger charge is -1.93. The summed E-state index contributed by atoms with van der Waals surface area (Å²) in [6, 6.07) is 17.3. The fourth-order valence-corrected chi connectivity index (χ4v) is 3.38. The van der Waals surface area contributed by atoms with Gasteiger partial charge < -0.3 is 10.2 Å². The second-order valence-electron chi connectivity index (χ2n) is 5.03. The Balaban J connectivity index is 1.76. The van der Waals surface area contributed by atoms with E-state index in [2.05, 4.69) is 31.1 Å². The van der Waals surface area contributed by atoms with Gasteiger partial charge in [-0.1, -0.05) is 45.5 Å². The first-order chi connectivity index (χ1) is 11.7. The van der Waals surface area contributed by atoms with Crippen molar-refractivity contribution in [3.63, 3.8) is 0 Å². The molecule has 0 fully saturated rings. The van der Waals surface area contributed by atoms with Crippen LogP contribution in [-0.2, 0) is 0 Å². The van der Waals surface area contributed by atoms with Crippen molar-refractivity contribution in [1.29, 1.82) is 0 Å². The van der Waals surface area contributed by atoms with Gasteiger partial charge in [0.1, 0.15) is 16.2 Å². The molecule has 24 heavy (non-hydrogen) atoms. The summed E-state index contributed by atoms with van der Waals surface area (Å²) < 4.78 is 6.90. The van der Waals surface area contributed by atoms with Crippen LogP contribution < -0.4 is 5.73 Å². The number of hydrogen-bond donors (Lipinski definition) is 1. The maximum Gasteiger partial charge on any atom is 0.198 e. The van der Waals surface area contributed by atoms with Gasteiger partial charge >= 0.3 is 0 Å². The van der Waals surface area contributed by atoms with Crippen LogP contribution in [0.15, 0.2) is 73.7 Å². The number of nitrogens with zero attached hydrogens (tertiary/aromatic N) is 3. The SMILES string of the molecule is Nc1nc(N=Nc2ccccc2)c(-c2cc3cc(Br)ccc3o2)s1. The van der Waals surface area contributed by atoms with Gasteiger partial charge in [-0.25, -0.2) is 0 Å². The van der Waals surface area contributed by atoms with E-state index in [4.69, 9.17) is 10.2 Å². The van der Waals surface area contributed by atoms with Gasteiger partial charge in [0.05, 0.1) is 5.69 Å². The third kappa shape index (κ3) is 2.95. The molecule has 2 N–H and O–H groups in total. The number of azo groups is 1. The molecule has 5 nitrogen and oxygen atoms in total. The number of anilines is 1. The van der Waals surface area contributed by atoms with E-state index in [0.29, 0.717) is 16.7 Å². The van der Waals surface area contributed by atoms with Crippen LogP contribution in [0.3, 0.4) is 0 Å². The predicted octanol–water partition coefficient (Wildman–Crippen LogP) is 6.32. The van der Waals surface area contributed by atoms with Gasteiger partial charge in [-0.15, -0.1) is 10.2 Å². The largest absolute Gasteiger partial charge is 0.455 e. The number of nitrogens with two attached hydrogens (primary N) is 1. The van der Waals surface area contributed by atoms with Crippen LogP contribution in [0.1, 0.15) is 0 Å². The van der Waals surface area contributed by atoms with Crippen molar-refractivity contribution < 1.29 is 4.42 Å². The summed E-state index contributed by atoms with van der Waals surface area (Å²) >= 11 is 4.79. The molecule has 2 aromatic heterocycles. The third-order valence-electron chi connectivity index (χ3n) is 3.34. The van der Waals surface area contributed by atoms with E-state index in [1.165, 1.54) is 11.3 Å². The zero-order valence-corrected chi connectivity index (χ0v) is 14.7. The molecule has 0 aliphatic rings. The fraction of sp³-hybridized carbons (Fsp3) is 0. The van der Waals surface area contributed by atoms with E-state index in [1.807, 2.05) is 54.6 Å². The Morgan fingerprint density at radius 3 is 2.71 bits per heavy atom. The quantitative estimate of drug-likeness (QED) is 0.410. The van der Waals surface area contributed by atoms with Crippen LogP contribution in [0.2, 0.25) is 0 Å². The lowest BCUT2D eigenvalue weighted by molar-refractivity contribution is 0.633. The Bertz CT molecular complexity index is 1040. The van der Waals surface area contributed by atoms with Gasteiger partial charge in [0.15, 0.2) is 10.9 Å². The Kier molecular flexibility index (Phi) is 3.87. The molecule has 2 heterocycles. The van der Waals surface area contributed by atoms with E-state index < -0.39 is 0 Å². The molecule has 0 atom stereocenters. The maximum atomic E-state index is 5.91. The fourth-order valence-electron chi connectivity index (χ4n) is 2.28. The summed E-state index contributed by atoms with van der Waals surface area (Å²) in [5.74, 6) is 1.14. The molecule has 4 rings (SSSR count). The molecular formula is C17H11BrN4OS. The lowest BCUT2D eigenvalue weighted by Crippen LogP contribution is -1.78. The Labute approximate surface area is 150 Å². The van der Waals surface area contributed by atoms with Crippen LogP contribution in [0, 0.1) is 0 Å². The van der Waals surface area contributed by atoms with Crippen LogP contribution in [0.5, 0.6) is 0 Å². The van der Waals surface area contributed by atoms with Crippen LogP contribution in [-0.4, -0.2) is 4.98 Å². The third-order valence-corrected chi connectivity index (χ3v) is 4.73. The monoisotopic (exact) mass is 398 g/mol. The molecule has 0 saturated heterocycles. The average molecular weight is 399 g/mol. The highest BCUT2D eigenvalue weighted by atomic mass is 79.9. The van der Waals surface area contributed by atoms with Crippen molar-refractivity contribution >= 4 is 54.9 Å². The van der Waals surface area contributed by atoms with Crippen molar-refractivity contribution in [3.05, 3.63) is 59.1 Å². The Morgan fingerprint density at radius 1 is 1.04 bits per heavy atom. The van der Waals surface area contributed by atoms with Gasteiger partial charge in [-0.05, 0) is 36.4 Å². The number of rotatable bonds is 3. The summed E-state index contributed by atoms with van der Waals surface area (Å²) in [6.07, 6.45) is 0. The highest BCUT2D eigenvalue weighted by Crippen LogP contribution is 2.40. The first-order valence-electron chi connectivity index (χ1n) is 7.11. The minimum atomic E-state index is 0.425. The zero-order chi connectivity index (χ0) is 16.5. The molecule has 0 aliphatic carbocycles. The molecule has 4 aromatic rings. The zero-order valence-electron chi connectivity index (χ0n) is 12.3. The average Bonchev–Trinajstić information content (AvgIpc) is 3.16. The Morgan fingerprint density at radius 2 is 1.88 bits per heavy atom. The van der Waals surface area contributed by atoms with E-state index >= 15 is 0 Å². The second kappa shape index (κ2) is 6.18. The summed E-state index contributed by atoms with van der Waals surface area (Å²) in [6.45, 7) is 0. The minimum absolute atomic E-state index is 0.425. The molecular weight excluding hydrogens is 388 g/mol. The molecule has 0 unspecified atom stereocenters. The summed E-state index contributed by atoms with van der Waals surface area (Å²) in [4.78, 5) is 5.02. The van der Waals surface area contributed by atoms with Crippen molar-refractivity contribution in [3.8, 4) is 10.6 Å². The number of thiazole rings is 1. The molecule has 118 valence electrons. The number of fused-ring (bicyclic) bond motifs is 1. The standard InChI is InChI=1S/C17H11BrN4OS/c18-11-6-7-13-10(8-11)9-14(23-13)15-16(20-17(19)24-15)22-21-12-4-2-1-3-5-12/h1-9H,(H2,19,20). The highest BCUT2D eigenvalue weighted by molar-refractivity contribution is 9.10. The number of hydrogen-bond acceptors (Lipinski definition) is 6. The summed E-state index contributed by atoms with van der Waals surface area (Å²) in [5, 5.41) is 9.87. The molecule has 0 spiro atoms. The van der Waals surface area contributed by atoms with E-state index in [1.54, 1.807) is 0 Å². The Hall–Kier alpha value is -2.51. The number of furan rings is 1. The molecule has 0 aliphatic heterocycles. The van der Waals surface area contributed by atoms with Crippen molar-refractivity contribution in [2.24, 2.45) is 10.2 Å². The first kappa shape index (κ1) is 15.0. The smallest absolute Gasteiger partial charge is 0.198 e. The predicted molar refractivity (Wildman–Crippen MR) is 100 cm³/mol. The van der Waals surface area contributed by atoms with E-state index in [9.17, 15) is 0 Å². The van der Waals surface area contributed by atoms with Crippen molar-refractivity contribution in [1.82, 2.24) is 4.98 Å². The van der Waals surface area contributed by atoms with Crippen molar-refractivity contribution in [2.45, 2.75) is 0 Å². The number of halogens is 1. The number of nitrogen functional groups attached to an aromatic ring is 1. The molecule has 0 amide bonds. The topological polar surface area (TPSA) is 76.8 Å². The maximum absolute atomic E-state index is 5.91. The summed E-state index contributed by atoms with van der Waals surface area (Å²) in [7, 11) is 0. The van der Waals surface area contributed by atoms with E-state index in [0.717, 1.165) is 26.0 Å². The molecule has 7 heteroatoms. The van der Waals surface area contributed by atoms with Crippen molar-refractivity contribution in [2.75, 3.05) is 5.73 Å². The normalized spacial score (nSPS) is 11.5. The van der Waals surface area contributed by atoms with Gasteiger partial charge in [0.25, 0.3) is 0 Å². The number of aromatic nitrogens is 1. The van der Waals surface area contributed by atoms with Crippen LogP contribution >= 0.6 is 27.3 Å². The minimum Gasteiger partial charge on any atom is -0.455 e. The highest BCUT2D eigenvalue weighted by Gasteiger charge is 2.16. The molecule has 0 bridgehead atoms. The van der Waals surface area contributed by atoms with Crippen LogP contribution in [0.25, 0.3) is 21.6 Å². The summed E-state index contributed by atoms with van der Waals surface area (Å²) in [5.41, 5.74) is 7.41. The second-order valence-corrected chi connectivity index (χ2v) is 6.98. The first-order valence-corrected chi connectivity index (χ1v) is 8.72. The van der Waals surface area contributed by atoms with Crippen LogP contribution in [0.4, 0.5) is 16.6 Å². The van der Waals surface area contributed by atoms with Gasteiger partial charge in [0, 0.05) is 9.86 Å². The number of benzene rings is 2. The lowest BCUT2D eigenvalue weighted by atomic mass is 10.2. The molecule has 0 saturated carbocycles. The van der Waals surface area contributed by atoms with Gasteiger partial charge in [0.2, 0.25) is 0 Å². The molecule has 0 radical (unpaired) electrons. The van der Waals surface area contributed by atoms with Gasteiger partial charge in [-0.3, -0.25) is 0 Å². The molecule has 2 aromatic carbocycles. The van der Waals surface area contributed by atoms with E-state index in [-0.39, 0.29) is 0 Å². The van der Waals surface area contributed by atoms with Gasteiger partial charge in [-0.2, -0.15) is 4.98 Å².